The van der Waals surface area contributed by atoms with Crippen molar-refractivity contribution in [1.29, 1.82) is 0 Å². The van der Waals surface area contributed by atoms with Gasteiger partial charge in [0.2, 0.25) is 5.13 Å². The summed E-state index contributed by atoms with van der Waals surface area (Å²) < 4.78 is 22.8. The summed E-state index contributed by atoms with van der Waals surface area (Å²) in [6.07, 6.45) is 1.24. The molecular formula is C12H15N3O2S3. The fourth-order valence-electron chi connectivity index (χ4n) is 1.39. The first-order valence-electron chi connectivity index (χ1n) is 5.95. The van der Waals surface area contributed by atoms with Gasteiger partial charge in [-0.1, -0.05) is 53.4 Å². The molecule has 0 aliphatic rings. The molecular weight excluding hydrogens is 314 g/mol. The highest BCUT2D eigenvalue weighted by Crippen LogP contribution is 2.25. The fraction of sp³-hybridized carbons (Fsp3) is 0.333. The number of rotatable bonds is 7. The van der Waals surface area contributed by atoms with E-state index in [0.29, 0.717) is 12.3 Å². The standard InChI is InChI=1S/C12H15N3O2S3/c1-20(16,17)8-7-18-12-15-14-11(19-12)13-9-10-5-3-2-4-6-10/h2-6H,7-9H2,1H3,(H,13,14). The number of benzene rings is 1. The molecule has 8 heteroatoms. The summed E-state index contributed by atoms with van der Waals surface area (Å²) in [5, 5.41) is 12.0. The van der Waals surface area contributed by atoms with Crippen LogP contribution < -0.4 is 5.32 Å². The normalized spacial score (nSPS) is 11.4. The van der Waals surface area contributed by atoms with Crippen LogP contribution in [-0.2, 0) is 16.4 Å². The second-order valence-electron chi connectivity index (χ2n) is 4.19. The molecule has 1 N–H and O–H groups in total. The predicted molar refractivity (Wildman–Crippen MR) is 84.1 cm³/mol. The Morgan fingerprint density at radius 3 is 2.70 bits per heavy atom. The van der Waals surface area contributed by atoms with E-state index < -0.39 is 9.84 Å². The van der Waals surface area contributed by atoms with Gasteiger partial charge in [-0.15, -0.1) is 10.2 Å². The second-order valence-corrected chi connectivity index (χ2v) is 8.77. The number of hydrogen-bond acceptors (Lipinski definition) is 7. The summed E-state index contributed by atoms with van der Waals surface area (Å²) >= 11 is 2.85. The van der Waals surface area contributed by atoms with Gasteiger partial charge in [0.05, 0.1) is 5.75 Å². The zero-order chi connectivity index (χ0) is 14.4. The number of sulfone groups is 1. The molecule has 1 aromatic carbocycles. The van der Waals surface area contributed by atoms with Crippen molar-refractivity contribution in [3.8, 4) is 0 Å². The summed E-state index contributed by atoms with van der Waals surface area (Å²) in [5.74, 6) is 0.663. The highest BCUT2D eigenvalue weighted by molar-refractivity contribution is 8.02. The van der Waals surface area contributed by atoms with Crippen molar-refractivity contribution in [3.05, 3.63) is 35.9 Å². The maximum Gasteiger partial charge on any atom is 0.206 e. The van der Waals surface area contributed by atoms with Crippen LogP contribution in [0, 0.1) is 0 Å². The lowest BCUT2D eigenvalue weighted by Gasteiger charge is -2.00. The molecule has 0 saturated carbocycles. The van der Waals surface area contributed by atoms with Crippen LogP contribution in [0.25, 0.3) is 0 Å². The number of nitrogens with zero attached hydrogens (tertiary/aromatic N) is 2. The van der Waals surface area contributed by atoms with E-state index in [1.165, 1.54) is 34.9 Å². The van der Waals surface area contributed by atoms with E-state index in [4.69, 9.17) is 0 Å². The maximum atomic E-state index is 11.0. The SMILES string of the molecule is CS(=O)(=O)CCSc1nnc(NCc2ccccc2)s1. The minimum absolute atomic E-state index is 0.157. The molecule has 0 fully saturated rings. The Balaban J connectivity index is 1.80. The third kappa shape index (κ3) is 5.48. The van der Waals surface area contributed by atoms with Crippen LogP contribution >= 0.6 is 23.1 Å². The largest absolute Gasteiger partial charge is 0.356 e. The topological polar surface area (TPSA) is 72.0 Å². The first kappa shape index (κ1) is 15.3. The van der Waals surface area contributed by atoms with E-state index in [0.717, 1.165) is 9.47 Å². The van der Waals surface area contributed by atoms with Crippen LogP contribution in [0.1, 0.15) is 5.56 Å². The van der Waals surface area contributed by atoms with Crippen molar-refractivity contribution in [2.24, 2.45) is 0 Å². The lowest BCUT2D eigenvalue weighted by atomic mass is 10.2. The third-order valence-corrected chi connectivity index (χ3v) is 5.59. The Kier molecular flexibility index (Phi) is 5.38. The Morgan fingerprint density at radius 2 is 2.00 bits per heavy atom. The summed E-state index contributed by atoms with van der Waals surface area (Å²) in [4.78, 5) is 0. The summed E-state index contributed by atoms with van der Waals surface area (Å²) in [7, 11) is -2.91. The Morgan fingerprint density at radius 1 is 1.25 bits per heavy atom. The quantitative estimate of drug-likeness (QED) is 0.786. The molecule has 0 radical (unpaired) electrons. The van der Waals surface area contributed by atoms with Crippen molar-refractivity contribution in [1.82, 2.24) is 10.2 Å². The molecule has 5 nitrogen and oxygen atoms in total. The molecule has 0 spiro atoms. The zero-order valence-electron chi connectivity index (χ0n) is 10.9. The minimum atomic E-state index is -2.91. The Hall–Kier alpha value is -1.12. The number of anilines is 1. The van der Waals surface area contributed by atoms with Gasteiger partial charge < -0.3 is 5.32 Å². The molecule has 2 rings (SSSR count). The molecule has 20 heavy (non-hydrogen) atoms. The van der Waals surface area contributed by atoms with Gasteiger partial charge in [-0.3, -0.25) is 0 Å². The van der Waals surface area contributed by atoms with E-state index >= 15 is 0 Å². The minimum Gasteiger partial charge on any atom is -0.356 e. The maximum absolute atomic E-state index is 11.0. The number of nitrogens with one attached hydrogen (secondary N) is 1. The van der Waals surface area contributed by atoms with Crippen molar-refractivity contribution < 1.29 is 8.42 Å². The van der Waals surface area contributed by atoms with E-state index in [2.05, 4.69) is 15.5 Å². The summed E-state index contributed by atoms with van der Waals surface area (Å²) in [6.45, 7) is 0.698. The number of thioether (sulfide) groups is 1. The van der Waals surface area contributed by atoms with Crippen LogP contribution in [-0.4, -0.2) is 36.4 Å². The van der Waals surface area contributed by atoms with Crippen LogP contribution in [0.3, 0.4) is 0 Å². The van der Waals surface area contributed by atoms with Crippen LogP contribution in [0.5, 0.6) is 0 Å². The molecule has 2 aromatic rings. The molecule has 0 aliphatic heterocycles. The van der Waals surface area contributed by atoms with Gasteiger partial charge in [0.1, 0.15) is 9.84 Å². The second kappa shape index (κ2) is 7.05. The van der Waals surface area contributed by atoms with E-state index in [1.807, 2.05) is 30.3 Å². The van der Waals surface area contributed by atoms with Gasteiger partial charge in [-0.2, -0.15) is 0 Å². The smallest absolute Gasteiger partial charge is 0.206 e. The van der Waals surface area contributed by atoms with E-state index in [9.17, 15) is 8.42 Å². The first-order chi connectivity index (χ1) is 9.53. The van der Waals surface area contributed by atoms with Crippen molar-refractivity contribution in [2.75, 3.05) is 23.1 Å². The monoisotopic (exact) mass is 329 g/mol. The average Bonchev–Trinajstić information content (AvgIpc) is 2.84. The van der Waals surface area contributed by atoms with Crippen LogP contribution in [0.15, 0.2) is 34.7 Å². The van der Waals surface area contributed by atoms with E-state index in [-0.39, 0.29) is 5.75 Å². The molecule has 0 saturated heterocycles. The molecule has 0 bridgehead atoms. The lowest BCUT2D eigenvalue weighted by molar-refractivity contribution is 0.603. The lowest BCUT2D eigenvalue weighted by Crippen LogP contribution is -2.04. The zero-order valence-corrected chi connectivity index (χ0v) is 13.4. The van der Waals surface area contributed by atoms with Crippen molar-refractivity contribution in [3.63, 3.8) is 0 Å². The molecule has 108 valence electrons. The number of hydrogen-bond donors (Lipinski definition) is 1. The average molecular weight is 329 g/mol. The van der Waals surface area contributed by atoms with E-state index in [1.54, 1.807) is 0 Å². The Bertz CT molecular complexity index is 641. The first-order valence-corrected chi connectivity index (χ1v) is 9.81. The highest BCUT2D eigenvalue weighted by Gasteiger charge is 2.07. The molecule has 0 aliphatic carbocycles. The van der Waals surface area contributed by atoms with Crippen molar-refractivity contribution >= 4 is 38.1 Å². The summed E-state index contributed by atoms with van der Waals surface area (Å²) in [6, 6.07) is 10.0. The predicted octanol–water partition coefficient (Wildman–Crippen LogP) is 2.29. The molecule has 1 aromatic heterocycles. The van der Waals surface area contributed by atoms with Crippen LogP contribution in [0.4, 0.5) is 5.13 Å². The number of aromatic nitrogens is 2. The van der Waals surface area contributed by atoms with Gasteiger partial charge in [0.25, 0.3) is 0 Å². The van der Waals surface area contributed by atoms with Gasteiger partial charge in [-0.05, 0) is 5.56 Å². The van der Waals surface area contributed by atoms with Crippen molar-refractivity contribution in [2.45, 2.75) is 10.9 Å². The van der Waals surface area contributed by atoms with Gasteiger partial charge in [0.15, 0.2) is 4.34 Å². The third-order valence-electron chi connectivity index (χ3n) is 2.37. The van der Waals surface area contributed by atoms with Crippen LogP contribution in [0.2, 0.25) is 0 Å². The molecule has 1 heterocycles. The molecule has 0 atom stereocenters. The van der Waals surface area contributed by atoms with Gasteiger partial charge in [-0.25, -0.2) is 8.42 Å². The molecule has 0 amide bonds. The molecule has 0 unspecified atom stereocenters. The Labute approximate surface area is 126 Å². The summed E-state index contributed by atoms with van der Waals surface area (Å²) in [5.41, 5.74) is 1.17. The van der Waals surface area contributed by atoms with Gasteiger partial charge in [0, 0.05) is 18.6 Å². The fourth-order valence-corrected chi connectivity index (χ4v) is 4.41. The van der Waals surface area contributed by atoms with Gasteiger partial charge >= 0.3 is 0 Å². The highest BCUT2D eigenvalue weighted by atomic mass is 32.2.